The summed E-state index contributed by atoms with van der Waals surface area (Å²) in [7, 11) is 0. The molecule has 2 aromatic carbocycles. The van der Waals surface area contributed by atoms with Gasteiger partial charge < -0.3 is 10.1 Å². The molecule has 128 valence electrons. The molecule has 1 aromatic heterocycles. The molecule has 0 radical (unpaired) electrons. The fourth-order valence-corrected chi connectivity index (χ4v) is 2.57. The Kier molecular flexibility index (Phi) is 5.46. The predicted octanol–water partition coefficient (Wildman–Crippen LogP) is 3.26. The van der Waals surface area contributed by atoms with E-state index in [-0.39, 0.29) is 5.91 Å². The zero-order valence-electron chi connectivity index (χ0n) is 14.2. The molecule has 1 amide bonds. The summed E-state index contributed by atoms with van der Waals surface area (Å²) in [5, 5.41) is 7.12. The van der Waals surface area contributed by atoms with Gasteiger partial charge in [-0.15, -0.1) is 0 Å². The van der Waals surface area contributed by atoms with Gasteiger partial charge in [0.15, 0.2) is 0 Å². The van der Waals surface area contributed by atoms with E-state index in [0.29, 0.717) is 25.3 Å². The number of nitrogens with zero attached hydrogens (tertiary/aromatic N) is 2. The third kappa shape index (κ3) is 4.47. The summed E-state index contributed by atoms with van der Waals surface area (Å²) < 4.78 is 7.43. The first kappa shape index (κ1) is 16.8. The van der Waals surface area contributed by atoms with Gasteiger partial charge in [0.25, 0.3) is 5.91 Å². The van der Waals surface area contributed by atoms with Crippen molar-refractivity contribution in [1.82, 2.24) is 15.1 Å². The molecule has 5 heteroatoms. The topological polar surface area (TPSA) is 56.1 Å². The van der Waals surface area contributed by atoms with Crippen LogP contribution < -0.4 is 10.1 Å². The van der Waals surface area contributed by atoms with E-state index in [9.17, 15) is 4.79 Å². The smallest absolute Gasteiger partial charge is 0.251 e. The van der Waals surface area contributed by atoms with Crippen molar-refractivity contribution in [2.45, 2.75) is 20.0 Å². The Bertz CT molecular complexity index is 811. The van der Waals surface area contributed by atoms with Gasteiger partial charge in [-0.1, -0.05) is 30.3 Å². The fraction of sp³-hybridized carbons (Fsp3) is 0.200. The molecule has 3 aromatic rings. The third-order valence-corrected chi connectivity index (χ3v) is 3.83. The molecule has 5 nitrogen and oxygen atoms in total. The van der Waals surface area contributed by atoms with Gasteiger partial charge in [-0.25, -0.2) is 0 Å². The Morgan fingerprint density at radius 1 is 1.12 bits per heavy atom. The van der Waals surface area contributed by atoms with Crippen LogP contribution in [0, 0.1) is 0 Å². The second-order valence-corrected chi connectivity index (χ2v) is 5.62. The molecule has 0 spiro atoms. The number of rotatable bonds is 7. The highest BCUT2D eigenvalue weighted by Crippen LogP contribution is 2.17. The molecule has 0 fully saturated rings. The highest BCUT2D eigenvalue weighted by molar-refractivity contribution is 5.94. The van der Waals surface area contributed by atoms with Gasteiger partial charge >= 0.3 is 0 Å². The number of carbonyl (C=O) groups is 1. The Morgan fingerprint density at radius 2 is 1.92 bits per heavy atom. The van der Waals surface area contributed by atoms with Gasteiger partial charge in [0.2, 0.25) is 0 Å². The summed E-state index contributed by atoms with van der Waals surface area (Å²) in [6, 6.07) is 17.2. The molecule has 0 aliphatic heterocycles. The maximum absolute atomic E-state index is 12.3. The summed E-state index contributed by atoms with van der Waals surface area (Å²) in [6.07, 6.45) is 3.67. The van der Waals surface area contributed by atoms with Gasteiger partial charge in [-0.2, -0.15) is 5.10 Å². The Balaban J connectivity index is 1.60. The van der Waals surface area contributed by atoms with Gasteiger partial charge in [0, 0.05) is 30.1 Å². The second-order valence-electron chi connectivity index (χ2n) is 5.62. The number of hydrogen-bond donors (Lipinski definition) is 1. The van der Waals surface area contributed by atoms with Crippen LogP contribution >= 0.6 is 0 Å². The second kappa shape index (κ2) is 8.15. The number of hydrogen-bond acceptors (Lipinski definition) is 3. The van der Waals surface area contributed by atoms with Gasteiger partial charge in [0.05, 0.1) is 13.2 Å². The minimum atomic E-state index is -0.100. The number of aromatic nitrogens is 2. The van der Waals surface area contributed by atoms with E-state index < -0.39 is 0 Å². The van der Waals surface area contributed by atoms with E-state index in [1.54, 1.807) is 6.20 Å². The number of carbonyl (C=O) groups excluding carboxylic acids is 1. The number of para-hydroxylation sites is 1. The van der Waals surface area contributed by atoms with Crippen molar-refractivity contribution in [3.8, 4) is 5.75 Å². The lowest BCUT2D eigenvalue weighted by Crippen LogP contribution is -2.23. The minimum absolute atomic E-state index is 0.100. The van der Waals surface area contributed by atoms with Crippen molar-refractivity contribution in [3.05, 3.63) is 83.7 Å². The first-order chi connectivity index (χ1) is 12.3. The lowest BCUT2D eigenvalue weighted by atomic mass is 10.1. The average molecular weight is 335 g/mol. The third-order valence-electron chi connectivity index (χ3n) is 3.83. The summed E-state index contributed by atoms with van der Waals surface area (Å²) in [5.74, 6) is 0.705. The van der Waals surface area contributed by atoms with Crippen LogP contribution in [0.2, 0.25) is 0 Å². The van der Waals surface area contributed by atoms with E-state index in [2.05, 4.69) is 10.4 Å². The van der Waals surface area contributed by atoms with Crippen LogP contribution in [0.4, 0.5) is 0 Å². The monoisotopic (exact) mass is 335 g/mol. The van der Waals surface area contributed by atoms with E-state index in [4.69, 9.17) is 4.74 Å². The molecule has 3 rings (SSSR count). The normalized spacial score (nSPS) is 10.4. The van der Waals surface area contributed by atoms with Crippen molar-refractivity contribution in [2.24, 2.45) is 0 Å². The van der Waals surface area contributed by atoms with Crippen molar-refractivity contribution < 1.29 is 9.53 Å². The van der Waals surface area contributed by atoms with Gasteiger partial charge in [-0.3, -0.25) is 9.48 Å². The van der Waals surface area contributed by atoms with Gasteiger partial charge in [0.1, 0.15) is 5.75 Å². The molecule has 1 N–H and O–H groups in total. The van der Waals surface area contributed by atoms with E-state index >= 15 is 0 Å². The number of nitrogens with one attached hydrogen (secondary N) is 1. The van der Waals surface area contributed by atoms with Crippen LogP contribution in [0.1, 0.15) is 28.4 Å². The van der Waals surface area contributed by atoms with Crippen LogP contribution in [-0.4, -0.2) is 22.3 Å². The number of ether oxygens (including phenoxy) is 1. The molecular formula is C20H21N3O2. The molecule has 0 aliphatic rings. The summed E-state index contributed by atoms with van der Waals surface area (Å²) in [6.45, 7) is 3.67. The highest BCUT2D eigenvalue weighted by Gasteiger charge is 2.08. The van der Waals surface area contributed by atoms with Crippen molar-refractivity contribution in [3.63, 3.8) is 0 Å². The van der Waals surface area contributed by atoms with E-state index in [0.717, 1.165) is 16.9 Å². The van der Waals surface area contributed by atoms with Crippen LogP contribution in [0.15, 0.2) is 67.0 Å². The molecule has 0 atom stereocenters. The maximum Gasteiger partial charge on any atom is 0.251 e. The Labute approximate surface area is 147 Å². The van der Waals surface area contributed by atoms with Crippen molar-refractivity contribution >= 4 is 5.91 Å². The molecule has 0 saturated carbocycles. The quantitative estimate of drug-likeness (QED) is 0.721. The number of amides is 1. The van der Waals surface area contributed by atoms with Crippen molar-refractivity contribution in [2.75, 3.05) is 6.61 Å². The molecule has 0 bridgehead atoms. The van der Waals surface area contributed by atoms with Crippen LogP contribution in [0.25, 0.3) is 0 Å². The zero-order valence-corrected chi connectivity index (χ0v) is 14.2. The molecular weight excluding hydrogens is 314 g/mol. The number of benzene rings is 2. The van der Waals surface area contributed by atoms with Gasteiger partial charge in [-0.05, 0) is 36.8 Å². The summed E-state index contributed by atoms with van der Waals surface area (Å²) in [5.41, 5.74) is 2.70. The zero-order chi connectivity index (χ0) is 17.5. The van der Waals surface area contributed by atoms with Crippen LogP contribution in [0.3, 0.4) is 0 Å². The molecule has 25 heavy (non-hydrogen) atoms. The molecule has 0 aliphatic carbocycles. The van der Waals surface area contributed by atoms with Crippen LogP contribution in [0.5, 0.6) is 5.75 Å². The van der Waals surface area contributed by atoms with Crippen molar-refractivity contribution in [1.29, 1.82) is 0 Å². The maximum atomic E-state index is 12.3. The lowest BCUT2D eigenvalue weighted by molar-refractivity contribution is 0.0950. The minimum Gasteiger partial charge on any atom is -0.494 e. The molecule has 0 saturated heterocycles. The summed E-state index contributed by atoms with van der Waals surface area (Å²) in [4.78, 5) is 12.3. The Morgan fingerprint density at radius 3 is 2.64 bits per heavy atom. The first-order valence-corrected chi connectivity index (χ1v) is 8.31. The molecule has 0 unspecified atom stereocenters. The highest BCUT2D eigenvalue weighted by atomic mass is 16.5. The predicted molar refractivity (Wildman–Crippen MR) is 96.6 cm³/mol. The van der Waals surface area contributed by atoms with E-state index in [1.807, 2.05) is 72.4 Å². The SMILES string of the molecule is CCOc1ccccc1CNC(=O)c1ccc(Cn2cccn2)cc1. The summed E-state index contributed by atoms with van der Waals surface area (Å²) >= 11 is 0. The molecule has 1 heterocycles. The average Bonchev–Trinajstić information content (AvgIpc) is 3.15. The lowest BCUT2D eigenvalue weighted by Gasteiger charge is -2.11. The first-order valence-electron chi connectivity index (χ1n) is 8.31. The fourth-order valence-electron chi connectivity index (χ4n) is 2.57. The Hall–Kier alpha value is -3.08. The van der Waals surface area contributed by atoms with E-state index in [1.165, 1.54) is 0 Å². The standard InChI is InChI=1S/C20H21N3O2/c1-2-25-19-7-4-3-6-18(19)14-21-20(24)17-10-8-16(9-11-17)15-23-13-5-12-22-23/h3-13H,2,14-15H2,1H3,(H,21,24). The largest absolute Gasteiger partial charge is 0.494 e. The van der Waals surface area contributed by atoms with Crippen LogP contribution in [-0.2, 0) is 13.1 Å².